The Kier molecular flexibility index (Phi) is 3.62. The van der Waals surface area contributed by atoms with Crippen LogP contribution in [0.15, 0.2) is 36.1 Å². The van der Waals surface area contributed by atoms with Crippen LogP contribution in [-0.2, 0) is 11.2 Å². The minimum Gasteiger partial charge on any atom is -0.495 e. The number of aryl methyl sites for hydroxylation is 1. The average molecular weight is 218 g/mol. The normalized spacial score (nSPS) is 17.5. The molecule has 0 amide bonds. The van der Waals surface area contributed by atoms with E-state index < -0.39 is 6.10 Å². The van der Waals surface area contributed by atoms with Crippen molar-refractivity contribution in [1.29, 1.82) is 0 Å². The number of hydrogen-bond acceptors (Lipinski definition) is 2. The lowest BCUT2D eigenvalue weighted by Crippen LogP contribution is -2.18. The zero-order valence-electron chi connectivity index (χ0n) is 9.65. The van der Waals surface area contributed by atoms with Crippen LogP contribution in [0.5, 0.6) is 0 Å². The summed E-state index contributed by atoms with van der Waals surface area (Å²) in [5.41, 5.74) is 2.39. The number of aliphatic hydroxyl groups is 1. The highest BCUT2D eigenvalue weighted by Crippen LogP contribution is 2.17. The SMILES string of the molecule is Cc1ccc(CC(O)C2=CCCCO2)cc1. The van der Waals surface area contributed by atoms with Crippen molar-refractivity contribution in [3.05, 3.63) is 47.2 Å². The summed E-state index contributed by atoms with van der Waals surface area (Å²) in [6, 6.07) is 8.25. The Labute approximate surface area is 96.6 Å². The Hall–Kier alpha value is -1.28. The molecule has 1 aromatic carbocycles. The second kappa shape index (κ2) is 5.17. The molecule has 0 fully saturated rings. The third-order valence-electron chi connectivity index (χ3n) is 2.84. The van der Waals surface area contributed by atoms with Gasteiger partial charge in [-0.05, 0) is 31.4 Å². The van der Waals surface area contributed by atoms with Crippen LogP contribution in [0.4, 0.5) is 0 Å². The number of allylic oxidation sites excluding steroid dienone is 1. The van der Waals surface area contributed by atoms with Crippen molar-refractivity contribution in [2.75, 3.05) is 6.61 Å². The van der Waals surface area contributed by atoms with Crippen LogP contribution in [0.2, 0.25) is 0 Å². The Balaban J connectivity index is 1.98. The fraction of sp³-hybridized carbons (Fsp3) is 0.429. The maximum atomic E-state index is 10.0. The fourth-order valence-corrected chi connectivity index (χ4v) is 1.86. The van der Waals surface area contributed by atoms with Gasteiger partial charge in [-0.1, -0.05) is 29.8 Å². The number of aliphatic hydroxyl groups excluding tert-OH is 1. The molecule has 0 aliphatic carbocycles. The van der Waals surface area contributed by atoms with Crippen molar-refractivity contribution in [2.24, 2.45) is 0 Å². The zero-order valence-corrected chi connectivity index (χ0v) is 9.65. The first kappa shape index (κ1) is 11.2. The molecule has 0 aromatic heterocycles. The van der Waals surface area contributed by atoms with Gasteiger partial charge in [0.25, 0.3) is 0 Å². The van der Waals surface area contributed by atoms with E-state index in [-0.39, 0.29) is 0 Å². The van der Waals surface area contributed by atoms with Crippen LogP contribution < -0.4 is 0 Å². The predicted octanol–water partition coefficient (Wildman–Crippen LogP) is 2.59. The van der Waals surface area contributed by atoms with Crippen LogP contribution in [0, 0.1) is 6.92 Å². The van der Waals surface area contributed by atoms with E-state index in [0.717, 1.165) is 30.8 Å². The van der Waals surface area contributed by atoms with Crippen molar-refractivity contribution < 1.29 is 9.84 Å². The topological polar surface area (TPSA) is 29.5 Å². The van der Waals surface area contributed by atoms with Gasteiger partial charge in [0.05, 0.1) is 6.61 Å². The summed E-state index contributed by atoms with van der Waals surface area (Å²) < 4.78 is 5.45. The maximum Gasteiger partial charge on any atom is 0.121 e. The third kappa shape index (κ3) is 2.86. The quantitative estimate of drug-likeness (QED) is 0.845. The molecule has 2 rings (SSSR count). The lowest BCUT2D eigenvalue weighted by molar-refractivity contribution is 0.0918. The number of rotatable bonds is 3. The number of ether oxygens (including phenoxy) is 1. The predicted molar refractivity (Wildman–Crippen MR) is 64.2 cm³/mol. The summed E-state index contributed by atoms with van der Waals surface area (Å²) in [5, 5.41) is 10.0. The third-order valence-corrected chi connectivity index (χ3v) is 2.84. The van der Waals surface area contributed by atoms with E-state index in [9.17, 15) is 5.11 Å². The first-order valence-corrected chi connectivity index (χ1v) is 5.82. The number of benzene rings is 1. The molecule has 1 unspecified atom stereocenters. The van der Waals surface area contributed by atoms with Gasteiger partial charge < -0.3 is 9.84 Å². The minimum atomic E-state index is -0.497. The fourth-order valence-electron chi connectivity index (χ4n) is 1.86. The van der Waals surface area contributed by atoms with Crippen molar-refractivity contribution in [3.63, 3.8) is 0 Å². The Bertz CT molecular complexity index is 365. The molecule has 1 aliphatic heterocycles. The molecule has 2 nitrogen and oxygen atoms in total. The van der Waals surface area contributed by atoms with E-state index in [4.69, 9.17) is 4.74 Å². The highest BCUT2D eigenvalue weighted by molar-refractivity contribution is 5.23. The summed E-state index contributed by atoms with van der Waals surface area (Å²) in [7, 11) is 0. The van der Waals surface area contributed by atoms with Gasteiger partial charge in [0.15, 0.2) is 0 Å². The Morgan fingerprint density at radius 1 is 1.31 bits per heavy atom. The van der Waals surface area contributed by atoms with Crippen LogP contribution in [0.25, 0.3) is 0 Å². The van der Waals surface area contributed by atoms with Crippen LogP contribution >= 0.6 is 0 Å². The van der Waals surface area contributed by atoms with Gasteiger partial charge in [0, 0.05) is 6.42 Å². The van der Waals surface area contributed by atoms with Crippen LogP contribution in [-0.4, -0.2) is 17.8 Å². The smallest absolute Gasteiger partial charge is 0.121 e. The van der Waals surface area contributed by atoms with Crippen molar-refractivity contribution >= 4 is 0 Å². The molecule has 1 N–H and O–H groups in total. The lowest BCUT2D eigenvalue weighted by atomic mass is 10.0. The summed E-state index contributed by atoms with van der Waals surface area (Å²) >= 11 is 0. The monoisotopic (exact) mass is 218 g/mol. The standard InChI is InChI=1S/C14H18O2/c1-11-5-7-12(8-6-11)10-13(15)14-4-2-3-9-16-14/h4-8,13,15H,2-3,9-10H2,1H3. The molecular formula is C14H18O2. The van der Waals surface area contributed by atoms with Gasteiger partial charge >= 0.3 is 0 Å². The van der Waals surface area contributed by atoms with E-state index in [1.807, 2.05) is 6.08 Å². The molecule has 16 heavy (non-hydrogen) atoms. The molecule has 0 saturated heterocycles. The largest absolute Gasteiger partial charge is 0.495 e. The van der Waals surface area contributed by atoms with Crippen molar-refractivity contribution in [3.8, 4) is 0 Å². The molecule has 0 spiro atoms. The summed E-state index contributed by atoms with van der Waals surface area (Å²) in [5.74, 6) is 0.742. The van der Waals surface area contributed by atoms with Gasteiger partial charge in [-0.25, -0.2) is 0 Å². The Morgan fingerprint density at radius 3 is 2.69 bits per heavy atom. The van der Waals surface area contributed by atoms with E-state index in [2.05, 4.69) is 31.2 Å². The highest BCUT2D eigenvalue weighted by Gasteiger charge is 2.15. The van der Waals surface area contributed by atoms with Gasteiger partial charge in [-0.15, -0.1) is 0 Å². The van der Waals surface area contributed by atoms with Gasteiger partial charge in [-0.2, -0.15) is 0 Å². The highest BCUT2D eigenvalue weighted by atomic mass is 16.5. The molecular weight excluding hydrogens is 200 g/mol. The van der Waals surface area contributed by atoms with Crippen LogP contribution in [0.3, 0.4) is 0 Å². The first-order valence-electron chi connectivity index (χ1n) is 5.82. The summed E-state index contributed by atoms with van der Waals surface area (Å²) in [6.07, 6.45) is 4.21. The second-order valence-electron chi connectivity index (χ2n) is 4.30. The molecule has 1 heterocycles. The zero-order chi connectivity index (χ0) is 11.4. The molecule has 0 saturated carbocycles. The maximum absolute atomic E-state index is 10.0. The van der Waals surface area contributed by atoms with E-state index >= 15 is 0 Å². The van der Waals surface area contributed by atoms with E-state index in [1.54, 1.807) is 0 Å². The van der Waals surface area contributed by atoms with Crippen molar-refractivity contribution in [1.82, 2.24) is 0 Å². The van der Waals surface area contributed by atoms with Crippen LogP contribution in [0.1, 0.15) is 24.0 Å². The van der Waals surface area contributed by atoms with Gasteiger partial charge in [0.1, 0.15) is 11.9 Å². The molecule has 0 radical (unpaired) electrons. The molecule has 0 bridgehead atoms. The minimum absolute atomic E-state index is 0.497. The van der Waals surface area contributed by atoms with E-state index in [0.29, 0.717) is 6.42 Å². The van der Waals surface area contributed by atoms with Crippen molar-refractivity contribution in [2.45, 2.75) is 32.3 Å². The second-order valence-corrected chi connectivity index (χ2v) is 4.30. The average Bonchev–Trinajstić information content (AvgIpc) is 2.33. The van der Waals surface area contributed by atoms with Gasteiger partial charge in [0.2, 0.25) is 0 Å². The lowest BCUT2D eigenvalue weighted by Gasteiger charge is -2.19. The van der Waals surface area contributed by atoms with E-state index in [1.165, 1.54) is 5.56 Å². The molecule has 1 aliphatic rings. The van der Waals surface area contributed by atoms with Gasteiger partial charge in [-0.3, -0.25) is 0 Å². The molecule has 86 valence electrons. The Morgan fingerprint density at radius 2 is 2.06 bits per heavy atom. The molecule has 2 heteroatoms. The first-order chi connectivity index (χ1) is 7.75. The summed E-state index contributed by atoms with van der Waals surface area (Å²) in [4.78, 5) is 0. The summed E-state index contributed by atoms with van der Waals surface area (Å²) in [6.45, 7) is 2.80. The molecule has 1 atom stereocenters. The number of hydrogen-bond donors (Lipinski definition) is 1. The molecule has 1 aromatic rings.